The van der Waals surface area contributed by atoms with Crippen LogP contribution >= 0.6 is 0 Å². The van der Waals surface area contributed by atoms with Gasteiger partial charge in [-0.25, -0.2) is 9.69 Å². The van der Waals surface area contributed by atoms with Gasteiger partial charge in [0.2, 0.25) is 11.7 Å². The molecule has 2 N–H and O–H groups in total. The first-order valence-electron chi connectivity index (χ1n) is 9.37. The summed E-state index contributed by atoms with van der Waals surface area (Å²) in [6.45, 7) is 1.48. The first-order chi connectivity index (χ1) is 14.9. The number of urea groups is 1. The molecule has 2 aromatic carbocycles. The van der Waals surface area contributed by atoms with Crippen LogP contribution in [0.2, 0.25) is 0 Å². The van der Waals surface area contributed by atoms with Crippen LogP contribution in [0.3, 0.4) is 0 Å². The molecule has 3 rings (SSSR count). The number of hydrogen-bond donors (Lipinski definition) is 2. The minimum Gasteiger partial charge on any atom is -0.493 e. The Balaban J connectivity index is 1.78. The summed E-state index contributed by atoms with van der Waals surface area (Å²) in [5.74, 6) is 0.115. The van der Waals surface area contributed by atoms with E-state index in [9.17, 15) is 14.4 Å². The highest BCUT2D eigenvalue weighted by Gasteiger charge is 2.35. The number of anilines is 1. The van der Waals surface area contributed by atoms with Crippen molar-refractivity contribution in [2.75, 3.05) is 33.2 Å². The van der Waals surface area contributed by atoms with E-state index in [0.29, 0.717) is 28.5 Å². The van der Waals surface area contributed by atoms with Crippen molar-refractivity contribution in [1.29, 1.82) is 0 Å². The van der Waals surface area contributed by atoms with Gasteiger partial charge < -0.3 is 24.8 Å². The van der Waals surface area contributed by atoms with E-state index in [2.05, 4.69) is 10.6 Å². The Morgan fingerprint density at radius 2 is 1.74 bits per heavy atom. The minimum atomic E-state index is -0.678. The molecule has 2 aromatic rings. The second-order valence-electron chi connectivity index (χ2n) is 6.76. The maximum absolute atomic E-state index is 12.7. The summed E-state index contributed by atoms with van der Waals surface area (Å²) in [4.78, 5) is 38.1. The molecule has 0 saturated carbocycles. The molecule has 1 fully saturated rings. The largest absolute Gasteiger partial charge is 0.493 e. The fourth-order valence-electron chi connectivity index (χ4n) is 3.13. The summed E-state index contributed by atoms with van der Waals surface area (Å²) in [5.41, 5.74) is 2.14. The van der Waals surface area contributed by atoms with Crippen LogP contribution in [0, 0.1) is 6.92 Å². The van der Waals surface area contributed by atoms with Crippen LogP contribution < -0.4 is 24.8 Å². The quantitative estimate of drug-likeness (QED) is 0.522. The fourth-order valence-corrected chi connectivity index (χ4v) is 3.13. The van der Waals surface area contributed by atoms with E-state index >= 15 is 0 Å². The summed E-state index contributed by atoms with van der Waals surface area (Å²) >= 11 is 0. The van der Waals surface area contributed by atoms with E-state index in [1.54, 1.807) is 30.3 Å². The number of nitrogens with zero attached hydrogens (tertiary/aromatic N) is 1. The number of nitrogens with one attached hydrogen (secondary N) is 2. The lowest BCUT2D eigenvalue weighted by atomic mass is 10.1. The van der Waals surface area contributed by atoms with Crippen molar-refractivity contribution in [3.63, 3.8) is 0 Å². The van der Waals surface area contributed by atoms with Crippen molar-refractivity contribution in [3.05, 3.63) is 53.2 Å². The Kier molecular flexibility index (Phi) is 6.44. The predicted molar refractivity (Wildman–Crippen MR) is 114 cm³/mol. The lowest BCUT2D eigenvalue weighted by Gasteiger charge is -2.13. The van der Waals surface area contributed by atoms with Crippen LogP contribution in [0.25, 0.3) is 6.08 Å². The van der Waals surface area contributed by atoms with Crippen molar-refractivity contribution in [2.24, 2.45) is 0 Å². The van der Waals surface area contributed by atoms with Crippen LogP contribution in [0.4, 0.5) is 10.5 Å². The number of carbonyl (C=O) groups excluding carboxylic acids is 3. The zero-order valence-electron chi connectivity index (χ0n) is 17.6. The van der Waals surface area contributed by atoms with Gasteiger partial charge in [-0.3, -0.25) is 9.59 Å². The molecule has 162 valence electrons. The molecule has 9 nitrogen and oxygen atoms in total. The van der Waals surface area contributed by atoms with Gasteiger partial charge in [-0.1, -0.05) is 12.1 Å². The fraction of sp³-hybridized carbons (Fsp3) is 0.227. The third-order valence-electron chi connectivity index (χ3n) is 4.56. The van der Waals surface area contributed by atoms with E-state index < -0.39 is 24.4 Å². The van der Waals surface area contributed by atoms with E-state index in [-0.39, 0.29) is 5.70 Å². The van der Waals surface area contributed by atoms with Crippen molar-refractivity contribution < 1.29 is 28.6 Å². The molecule has 1 aliphatic heterocycles. The number of benzene rings is 2. The zero-order chi connectivity index (χ0) is 22.5. The molecule has 0 radical (unpaired) electrons. The molecule has 1 aliphatic rings. The molecule has 0 aliphatic carbocycles. The SMILES string of the molecule is COc1cc(/C=C2/NC(=O)N(CC(=O)Nc3cccc(C)c3)C2=O)cc(OC)c1OC. The number of ether oxygens (including phenoxy) is 3. The average molecular weight is 425 g/mol. The van der Waals surface area contributed by atoms with Crippen molar-refractivity contribution in [1.82, 2.24) is 10.2 Å². The van der Waals surface area contributed by atoms with Crippen molar-refractivity contribution >= 4 is 29.6 Å². The molecular weight excluding hydrogens is 402 g/mol. The molecule has 1 heterocycles. The normalized spacial score (nSPS) is 14.5. The van der Waals surface area contributed by atoms with Crippen LogP contribution in [0.1, 0.15) is 11.1 Å². The molecule has 0 spiro atoms. The van der Waals surface area contributed by atoms with E-state index in [1.807, 2.05) is 13.0 Å². The number of aryl methyl sites for hydroxylation is 1. The van der Waals surface area contributed by atoms with Crippen LogP contribution in [0.5, 0.6) is 17.2 Å². The molecule has 1 saturated heterocycles. The number of rotatable bonds is 7. The highest BCUT2D eigenvalue weighted by Crippen LogP contribution is 2.38. The average Bonchev–Trinajstić information content (AvgIpc) is 3.00. The van der Waals surface area contributed by atoms with Gasteiger partial charge in [0.25, 0.3) is 5.91 Å². The molecular formula is C22H23N3O6. The van der Waals surface area contributed by atoms with E-state index in [4.69, 9.17) is 14.2 Å². The first kappa shape index (κ1) is 21.7. The Morgan fingerprint density at radius 1 is 1.06 bits per heavy atom. The Labute approximate surface area is 179 Å². The van der Waals surface area contributed by atoms with Gasteiger partial charge in [0.05, 0.1) is 21.3 Å². The topological polar surface area (TPSA) is 106 Å². The lowest BCUT2D eigenvalue weighted by Crippen LogP contribution is -2.38. The Hall–Kier alpha value is -4.01. The maximum Gasteiger partial charge on any atom is 0.329 e. The van der Waals surface area contributed by atoms with Gasteiger partial charge in [-0.15, -0.1) is 0 Å². The number of carbonyl (C=O) groups is 3. The van der Waals surface area contributed by atoms with Crippen LogP contribution in [-0.2, 0) is 9.59 Å². The highest BCUT2D eigenvalue weighted by atomic mass is 16.5. The maximum atomic E-state index is 12.7. The molecule has 0 atom stereocenters. The summed E-state index contributed by atoms with van der Waals surface area (Å²) < 4.78 is 15.9. The monoisotopic (exact) mass is 425 g/mol. The Morgan fingerprint density at radius 3 is 2.32 bits per heavy atom. The van der Waals surface area contributed by atoms with Gasteiger partial charge in [-0.2, -0.15) is 0 Å². The molecule has 31 heavy (non-hydrogen) atoms. The number of hydrogen-bond acceptors (Lipinski definition) is 6. The Bertz CT molecular complexity index is 1040. The molecule has 0 aromatic heterocycles. The molecule has 9 heteroatoms. The third kappa shape index (κ3) is 4.77. The predicted octanol–water partition coefficient (Wildman–Crippen LogP) is 2.55. The van der Waals surface area contributed by atoms with Gasteiger partial charge >= 0.3 is 6.03 Å². The second-order valence-corrected chi connectivity index (χ2v) is 6.76. The number of amides is 4. The molecule has 0 bridgehead atoms. The summed E-state index contributed by atoms with van der Waals surface area (Å²) in [7, 11) is 4.44. The van der Waals surface area contributed by atoms with Gasteiger partial charge in [-0.05, 0) is 48.4 Å². The first-order valence-corrected chi connectivity index (χ1v) is 9.37. The summed E-state index contributed by atoms with van der Waals surface area (Å²) in [6.07, 6.45) is 1.48. The smallest absolute Gasteiger partial charge is 0.329 e. The number of imide groups is 1. The van der Waals surface area contributed by atoms with E-state index in [0.717, 1.165) is 10.5 Å². The standard InChI is InChI=1S/C22H23N3O6/c1-13-6-5-7-15(8-13)23-19(26)12-25-21(27)16(24-22(25)28)9-14-10-17(29-2)20(31-4)18(11-14)30-3/h5-11H,12H2,1-4H3,(H,23,26)(H,24,28)/b16-9+. The van der Waals surface area contributed by atoms with E-state index in [1.165, 1.54) is 27.4 Å². The van der Waals surface area contributed by atoms with Crippen molar-refractivity contribution in [3.8, 4) is 17.2 Å². The van der Waals surface area contributed by atoms with Gasteiger partial charge in [0.15, 0.2) is 11.5 Å². The second kappa shape index (κ2) is 9.21. The number of methoxy groups -OCH3 is 3. The highest BCUT2D eigenvalue weighted by molar-refractivity contribution is 6.16. The van der Waals surface area contributed by atoms with Crippen LogP contribution in [-0.4, -0.2) is 50.6 Å². The zero-order valence-corrected chi connectivity index (χ0v) is 17.6. The molecule has 0 unspecified atom stereocenters. The van der Waals surface area contributed by atoms with Crippen LogP contribution in [0.15, 0.2) is 42.1 Å². The minimum absolute atomic E-state index is 0.0302. The third-order valence-corrected chi connectivity index (χ3v) is 4.56. The molecule has 4 amide bonds. The summed E-state index contributed by atoms with van der Waals surface area (Å²) in [6, 6.07) is 9.82. The van der Waals surface area contributed by atoms with Gasteiger partial charge in [0, 0.05) is 5.69 Å². The van der Waals surface area contributed by atoms with Crippen molar-refractivity contribution in [2.45, 2.75) is 6.92 Å². The summed E-state index contributed by atoms with van der Waals surface area (Å²) in [5, 5.41) is 5.17. The van der Waals surface area contributed by atoms with Gasteiger partial charge in [0.1, 0.15) is 12.2 Å². The lowest BCUT2D eigenvalue weighted by molar-refractivity contribution is -0.127.